The zero-order chi connectivity index (χ0) is 20.4. The highest BCUT2D eigenvalue weighted by Gasteiger charge is 2.34. The molecule has 0 saturated carbocycles. The Morgan fingerprint density at radius 2 is 1.66 bits per heavy atom. The van der Waals surface area contributed by atoms with Crippen LogP contribution < -0.4 is 4.90 Å². The van der Waals surface area contributed by atoms with Crippen molar-refractivity contribution < 1.29 is 18.3 Å². The first kappa shape index (κ1) is 18.9. The molecule has 2 aromatic heterocycles. The lowest BCUT2D eigenvalue weighted by Crippen LogP contribution is -2.29. The standard InChI is InChI=1S/C21H17F3N4O/c22-21(23,24)18-13-19(27-20(26-18)16-5-9-25-10-6-16)28-11-7-15(8-12-28)14-1-3-17(29)4-2-14/h1-7,9-10,13,29H,8,11-12H2. The minimum atomic E-state index is -4.57. The summed E-state index contributed by atoms with van der Waals surface area (Å²) >= 11 is 0. The van der Waals surface area contributed by atoms with E-state index in [1.165, 1.54) is 12.4 Å². The van der Waals surface area contributed by atoms with E-state index in [4.69, 9.17) is 0 Å². The van der Waals surface area contributed by atoms with Crippen LogP contribution in [0.3, 0.4) is 0 Å². The van der Waals surface area contributed by atoms with E-state index in [1.54, 1.807) is 29.2 Å². The van der Waals surface area contributed by atoms with Gasteiger partial charge < -0.3 is 10.0 Å². The zero-order valence-corrected chi connectivity index (χ0v) is 15.3. The molecule has 0 spiro atoms. The summed E-state index contributed by atoms with van der Waals surface area (Å²) in [6, 6.07) is 11.0. The third-order valence-electron chi connectivity index (χ3n) is 4.71. The van der Waals surface area contributed by atoms with Crippen molar-refractivity contribution in [3.8, 4) is 17.1 Å². The van der Waals surface area contributed by atoms with Crippen molar-refractivity contribution >= 4 is 11.4 Å². The van der Waals surface area contributed by atoms with Gasteiger partial charge in [0, 0.05) is 37.1 Å². The first-order valence-electron chi connectivity index (χ1n) is 9.00. The summed E-state index contributed by atoms with van der Waals surface area (Å²) in [7, 11) is 0. The van der Waals surface area contributed by atoms with Crippen LogP contribution >= 0.6 is 0 Å². The van der Waals surface area contributed by atoms with Gasteiger partial charge in [-0.1, -0.05) is 18.2 Å². The van der Waals surface area contributed by atoms with Crippen LogP contribution in [0.15, 0.2) is 60.9 Å². The van der Waals surface area contributed by atoms with Crippen molar-refractivity contribution in [3.05, 3.63) is 72.2 Å². The number of rotatable bonds is 3. The third kappa shape index (κ3) is 4.21. The topological polar surface area (TPSA) is 62.1 Å². The fourth-order valence-electron chi connectivity index (χ4n) is 3.19. The monoisotopic (exact) mass is 398 g/mol. The minimum absolute atomic E-state index is 0.0190. The molecule has 29 heavy (non-hydrogen) atoms. The van der Waals surface area contributed by atoms with Crippen LogP contribution in [0.25, 0.3) is 17.0 Å². The van der Waals surface area contributed by atoms with Crippen LogP contribution in [-0.2, 0) is 6.18 Å². The number of halogens is 3. The Balaban J connectivity index is 1.65. The highest BCUT2D eigenvalue weighted by atomic mass is 19.4. The van der Waals surface area contributed by atoms with Gasteiger partial charge in [0.1, 0.15) is 11.6 Å². The van der Waals surface area contributed by atoms with Crippen LogP contribution in [0.4, 0.5) is 19.0 Å². The molecule has 1 aliphatic rings. The summed E-state index contributed by atoms with van der Waals surface area (Å²) in [5, 5.41) is 9.42. The van der Waals surface area contributed by atoms with Gasteiger partial charge in [-0.05, 0) is 41.8 Å². The molecule has 0 saturated heterocycles. The van der Waals surface area contributed by atoms with Gasteiger partial charge in [-0.15, -0.1) is 0 Å². The van der Waals surface area contributed by atoms with Crippen molar-refractivity contribution in [3.63, 3.8) is 0 Å². The molecule has 0 radical (unpaired) electrons. The van der Waals surface area contributed by atoms with Gasteiger partial charge in [0.25, 0.3) is 0 Å². The van der Waals surface area contributed by atoms with Gasteiger partial charge in [-0.3, -0.25) is 4.98 Å². The lowest BCUT2D eigenvalue weighted by Gasteiger charge is -2.28. The fraction of sp³-hybridized carbons (Fsp3) is 0.190. The van der Waals surface area contributed by atoms with E-state index in [9.17, 15) is 18.3 Å². The molecule has 0 amide bonds. The first-order chi connectivity index (χ1) is 13.9. The molecule has 1 aliphatic heterocycles. The number of hydrogen-bond acceptors (Lipinski definition) is 5. The summed E-state index contributed by atoms with van der Waals surface area (Å²) in [6.07, 6.45) is 1.04. The van der Waals surface area contributed by atoms with Crippen molar-refractivity contribution in [2.45, 2.75) is 12.6 Å². The molecule has 4 rings (SSSR count). The van der Waals surface area contributed by atoms with Gasteiger partial charge in [-0.25, -0.2) is 9.97 Å². The molecule has 5 nitrogen and oxygen atoms in total. The molecular weight excluding hydrogens is 381 g/mol. The van der Waals surface area contributed by atoms with E-state index in [0.29, 0.717) is 25.1 Å². The molecule has 3 heterocycles. The number of anilines is 1. The number of alkyl halides is 3. The van der Waals surface area contributed by atoms with Crippen LogP contribution in [0, 0.1) is 0 Å². The average Bonchev–Trinajstić information content (AvgIpc) is 2.74. The second-order valence-electron chi connectivity index (χ2n) is 6.64. The maximum absolute atomic E-state index is 13.4. The number of benzene rings is 1. The van der Waals surface area contributed by atoms with Crippen molar-refractivity contribution in [1.29, 1.82) is 0 Å². The van der Waals surface area contributed by atoms with Crippen molar-refractivity contribution in [2.75, 3.05) is 18.0 Å². The molecular formula is C21H17F3N4O. The van der Waals surface area contributed by atoms with Gasteiger partial charge >= 0.3 is 6.18 Å². The molecule has 1 N–H and O–H groups in total. The second kappa shape index (κ2) is 7.54. The average molecular weight is 398 g/mol. The van der Waals surface area contributed by atoms with E-state index in [-0.39, 0.29) is 17.4 Å². The van der Waals surface area contributed by atoms with Gasteiger partial charge in [-0.2, -0.15) is 13.2 Å². The highest BCUT2D eigenvalue weighted by Crippen LogP contribution is 2.33. The molecule has 0 fully saturated rings. The minimum Gasteiger partial charge on any atom is -0.508 e. The summed E-state index contributed by atoms with van der Waals surface area (Å²) in [6.45, 7) is 0.955. The Morgan fingerprint density at radius 1 is 0.931 bits per heavy atom. The van der Waals surface area contributed by atoms with E-state index in [2.05, 4.69) is 15.0 Å². The number of phenols is 1. The van der Waals surface area contributed by atoms with Crippen molar-refractivity contribution in [2.24, 2.45) is 0 Å². The van der Waals surface area contributed by atoms with Crippen LogP contribution in [-0.4, -0.2) is 33.1 Å². The maximum Gasteiger partial charge on any atom is 0.433 e. The Kier molecular flexibility index (Phi) is 4.92. The molecule has 0 unspecified atom stereocenters. The SMILES string of the molecule is Oc1ccc(C2=CCN(c3cc(C(F)(F)F)nc(-c4ccncc4)n3)CC2)cc1. The van der Waals surface area contributed by atoms with Crippen LogP contribution in [0.1, 0.15) is 17.7 Å². The number of aromatic hydroxyl groups is 1. The van der Waals surface area contributed by atoms with E-state index in [1.807, 2.05) is 18.2 Å². The summed E-state index contributed by atoms with van der Waals surface area (Å²) in [4.78, 5) is 13.8. The van der Waals surface area contributed by atoms with Gasteiger partial charge in [0.05, 0.1) is 0 Å². The number of hydrogen-bond donors (Lipinski definition) is 1. The summed E-state index contributed by atoms with van der Waals surface area (Å²) in [5.74, 6) is 0.446. The van der Waals surface area contributed by atoms with Gasteiger partial charge in [0.15, 0.2) is 11.5 Å². The van der Waals surface area contributed by atoms with E-state index < -0.39 is 11.9 Å². The number of phenolic OH excluding ortho intramolecular Hbond substituents is 1. The molecule has 0 atom stereocenters. The summed E-state index contributed by atoms with van der Waals surface area (Å²) in [5.41, 5.74) is 1.58. The Bertz CT molecular complexity index is 1030. The Hall–Kier alpha value is -3.42. The predicted octanol–water partition coefficient (Wildman–Crippen LogP) is 4.56. The first-order valence-corrected chi connectivity index (χ1v) is 9.00. The quantitative estimate of drug-likeness (QED) is 0.701. The molecule has 1 aromatic carbocycles. The Morgan fingerprint density at radius 3 is 2.28 bits per heavy atom. The van der Waals surface area contributed by atoms with Crippen LogP contribution in [0.2, 0.25) is 0 Å². The third-order valence-corrected chi connectivity index (χ3v) is 4.71. The Labute approximate surface area is 165 Å². The maximum atomic E-state index is 13.4. The van der Waals surface area contributed by atoms with E-state index in [0.717, 1.165) is 17.2 Å². The van der Waals surface area contributed by atoms with E-state index >= 15 is 0 Å². The molecule has 0 aliphatic carbocycles. The predicted molar refractivity (Wildman–Crippen MR) is 103 cm³/mol. The number of aromatic nitrogens is 3. The second-order valence-corrected chi connectivity index (χ2v) is 6.64. The molecule has 148 valence electrons. The fourth-order valence-corrected chi connectivity index (χ4v) is 3.19. The lowest BCUT2D eigenvalue weighted by atomic mass is 9.99. The van der Waals surface area contributed by atoms with Crippen LogP contribution in [0.5, 0.6) is 5.75 Å². The number of nitrogens with zero attached hydrogens (tertiary/aromatic N) is 4. The molecule has 8 heteroatoms. The zero-order valence-electron chi connectivity index (χ0n) is 15.3. The highest BCUT2D eigenvalue weighted by molar-refractivity contribution is 5.69. The summed E-state index contributed by atoms with van der Waals surface area (Å²) < 4.78 is 40.2. The molecule has 3 aromatic rings. The van der Waals surface area contributed by atoms with Crippen molar-refractivity contribution in [1.82, 2.24) is 15.0 Å². The smallest absolute Gasteiger partial charge is 0.433 e. The number of pyridine rings is 1. The normalized spacial score (nSPS) is 14.6. The van der Waals surface area contributed by atoms with Gasteiger partial charge in [0.2, 0.25) is 0 Å². The lowest BCUT2D eigenvalue weighted by molar-refractivity contribution is -0.141. The largest absolute Gasteiger partial charge is 0.508 e. The molecule has 0 bridgehead atoms.